The predicted octanol–water partition coefficient (Wildman–Crippen LogP) is 3.21. The van der Waals surface area contributed by atoms with Crippen LogP contribution in [0.15, 0.2) is 48.5 Å². The van der Waals surface area contributed by atoms with Crippen molar-refractivity contribution in [3.63, 3.8) is 0 Å². The molecule has 2 aromatic rings. The number of hydroxylamine groups is 1. The second kappa shape index (κ2) is 9.40. The Labute approximate surface area is 185 Å². The number of fused-ring (bicyclic) bond motifs is 3. The standard InChI is InChI=1S/C24H26N2O6/c1-2-20(22(27)26-32-21(23(28)29)14-11-12-14)25-24(30)31-13-19-17-9-5-3-7-15(17)16-8-4-6-10-18(16)19/h3-10,14,19-21H,2,11-13H2,1H3,(H,25,30)(H,26,27)(H,28,29)/t20-,21?/m0/s1. The van der Waals surface area contributed by atoms with Crippen LogP contribution in [0.25, 0.3) is 11.1 Å². The van der Waals surface area contributed by atoms with E-state index in [2.05, 4.69) is 22.9 Å². The van der Waals surface area contributed by atoms with E-state index in [1.54, 1.807) is 6.92 Å². The molecular weight excluding hydrogens is 412 g/mol. The summed E-state index contributed by atoms with van der Waals surface area (Å²) in [6.07, 6.45) is 0.00160. The van der Waals surface area contributed by atoms with Crippen molar-refractivity contribution < 1.29 is 29.1 Å². The van der Waals surface area contributed by atoms with Gasteiger partial charge in [-0.1, -0.05) is 55.5 Å². The lowest BCUT2D eigenvalue weighted by atomic mass is 9.98. The summed E-state index contributed by atoms with van der Waals surface area (Å²) in [5.74, 6) is -1.92. The van der Waals surface area contributed by atoms with Gasteiger partial charge in [0.15, 0.2) is 6.10 Å². The zero-order valence-electron chi connectivity index (χ0n) is 17.7. The van der Waals surface area contributed by atoms with Crippen molar-refractivity contribution in [3.05, 3.63) is 59.7 Å². The number of benzene rings is 2. The SMILES string of the molecule is CC[C@H](NC(=O)OCC1c2ccccc2-c2ccccc21)C(=O)NOC(C(=O)O)C1CC1. The molecule has 0 heterocycles. The number of carboxylic acids is 1. The molecule has 168 valence electrons. The van der Waals surface area contributed by atoms with E-state index in [0.717, 1.165) is 35.1 Å². The van der Waals surface area contributed by atoms with Gasteiger partial charge in [0.1, 0.15) is 12.6 Å². The Hall–Kier alpha value is -3.39. The molecule has 2 amide bonds. The molecule has 1 unspecified atom stereocenters. The van der Waals surface area contributed by atoms with Gasteiger partial charge in [-0.05, 0) is 47.4 Å². The van der Waals surface area contributed by atoms with E-state index in [0.29, 0.717) is 6.42 Å². The Kier molecular flexibility index (Phi) is 6.41. The number of nitrogens with one attached hydrogen (secondary N) is 2. The van der Waals surface area contributed by atoms with Crippen LogP contribution in [0.2, 0.25) is 0 Å². The Morgan fingerprint density at radius 2 is 1.62 bits per heavy atom. The van der Waals surface area contributed by atoms with Crippen LogP contribution in [0.5, 0.6) is 0 Å². The van der Waals surface area contributed by atoms with Crippen LogP contribution in [0.4, 0.5) is 4.79 Å². The van der Waals surface area contributed by atoms with Crippen LogP contribution >= 0.6 is 0 Å². The van der Waals surface area contributed by atoms with Gasteiger partial charge in [-0.3, -0.25) is 9.63 Å². The molecule has 0 aliphatic heterocycles. The second-order valence-electron chi connectivity index (χ2n) is 8.11. The number of ether oxygens (including phenoxy) is 1. The van der Waals surface area contributed by atoms with Gasteiger partial charge in [0.2, 0.25) is 0 Å². The number of alkyl carbamates (subject to hydrolysis) is 1. The highest BCUT2D eigenvalue weighted by Crippen LogP contribution is 2.44. The maximum atomic E-state index is 12.4. The number of aliphatic carboxylic acids is 1. The van der Waals surface area contributed by atoms with Crippen molar-refractivity contribution in [1.29, 1.82) is 0 Å². The fraction of sp³-hybridized carbons (Fsp3) is 0.375. The van der Waals surface area contributed by atoms with Gasteiger partial charge in [-0.25, -0.2) is 15.1 Å². The maximum Gasteiger partial charge on any atom is 0.407 e. The highest BCUT2D eigenvalue weighted by molar-refractivity contribution is 5.85. The number of rotatable bonds is 9. The number of carbonyl (C=O) groups excluding carboxylic acids is 2. The predicted molar refractivity (Wildman–Crippen MR) is 116 cm³/mol. The van der Waals surface area contributed by atoms with Gasteiger partial charge in [0.25, 0.3) is 5.91 Å². The molecule has 8 heteroatoms. The minimum absolute atomic E-state index is 0.0831. The first-order valence-electron chi connectivity index (χ1n) is 10.8. The molecule has 0 aromatic heterocycles. The van der Waals surface area contributed by atoms with E-state index >= 15 is 0 Å². The number of carboxylic acid groups (broad SMARTS) is 1. The summed E-state index contributed by atoms with van der Waals surface area (Å²) in [6.45, 7) is 1.86. The number of amides is 2. The van der Waals surface area contributed by atoms with E-state index in [1.165, 1.54) is 0 Å². The summed E-state index contributed by atoms with van der Waals surface area (Å²) in [5.41, 5.74) is 6.63. The van der Waals surface area contributed by atoms with Gasteiger partial charge in [0, 0.05) is 5.92 Å². The second-order valence-corrected chi connectivity index (χ2v) is 8.11. The first-order valence-corrected chi connectivity index (χ1v) is 10.8. The van der Waals surface area contributed by atoms with Crippen LogP contribution < -0.4 is 10.8 Å². The minimum atomic E-state index is -1.12. The molecule has 32 heavy (non-hydrogen) atoms. The molecule has 8 nitrogen and oxygen atoms in total. The average molecular weight is 438 g/mol. The lowest BCUT2D eigenvalue weighted by Gasteiger charge is -2.19. The first-order chi connectivity index (χ1) is 15.5. The lowest BCUT2D eigenvalue weighted by Crippen LogP contribution is -2.48. The van der Waals surface area contributed by atoms with Crippen LogP contribution in [-0.4, -0.2) is 41.8 Å². The van der Waals surface area contributed by atoms with Crippen LogP contribution in [0.3, 0.4) is 0 Å². The third-order valence-electron chi connectivity index (χ3n) is 5.94. The molecule has 1 saturated carbocycles. The van der Waals surface area contributed by atoms with Crippen molar-refractivity contribution in [2.75, 3.05) is 6.61 Å². The molecule has 4 rings (SSSR count). The van der Waals surface area contributed by atoms with Gasteiger partial charge in [0.05, 0.1) is 0 Å². The van der Waals surface area contributed by atoms with Crippen molar-refractivity contribution in [2.45, 2.75) is 44.2 Å². The minimum Gasteiger partial charge on any atom is -0.479 e. The van der Waals surface area contributed by atoms with Gasteiger partial charge in [-0.15, -0.1) is 0 Å². The molecule has 0 saturated heterocycles. The van der Waals surface area contributed by atoms with Crippen molar-refractivity contribution >= 4 is 18.0 Å². The van der Waals surface area contributed by atoms with E-state index in [-0.39, 0.29) is 18.4 Å². The van der Waals surface area contributed by atoms with E-state index in [1.807, 2.05) is 36.4 Å². The van der Waals surface area contributed by atoms with Gasteiger partial charge >= 0.3 is 12.1 Å². The average Bonchev–Trinajstić information content (AvgIpc) is 3.58. The highest BCUT2D eigenvalue weighted by atomic mass is 16.7. The normalized spacial score (nSPS) is 16.4. The molecule has 1 fully saturated rings. The molecule has 0 spiro atoms. The van der Waals surface area contributed by atoms with Crippen LogP contribution in [-0.2, 0) is 19.2 Å². The summed E-state index contributed by atoms with van der Waals surface area (Å²) in [6, 6.07) is 15.1. The molecular formula is C24H26N2O6. The van der Waals surface area contributed by atoms with Gasteiger partial charge < -0.3 is 15.2 Å². The highest BCUT2D eigenvalue weighted by Gasteiger charge is 2.38. The Morgan fingerprint density at radius 1 is 1.03 bits per heavy atom. The zero-order chi connectivity index (χ0) is 22.7. The molecule has 2 aromatic carbocycles. The molecule has 2 atom stereocenters. The third kappa shape index (κ3) is 4.60. The lowest BCUT2D eigenvalue weighted by molar-refractivity contribution is -0.163. The number of hydrogen-bond donors (Lipinski definition) is 3. The van der Waals surface area contributed by atoms with Crippen molar-refractivity contribution in [3.8, 4) is 11.1 Å². The molecule has 3 N–H and O–H groups in total. The topological polar surface area (TPSA) is 114 Å². The third-order valence-corrected chi connectivity index (χ3v) is 5.94. The number of carbonyl (C=O) groups is 3. The Morgan fingerprint density at radius 3 is 2.16 bits per heavy atom. The summed E-state index contributed by atoms with van der Waals surface area (Å²) in [7, 11) is 0. The zero-order valence-corrected chi connectivity index (χ0v) is 17.7. The molecule has 2 aliphatic rings. The first kappa shape index (κ1) is 21.8. The molecule has 0 bridgehead atoms. The smallest absolute Gasteiger partial charge is 0.407 e. The maximum absolute atomic E-state index is 12.4. The molecule has 2 aliphatic carbocycles. The monoisotopic (exact) mass is 438 g/mol. The quantitative estimate of drug-likeness (QED) is 0.518. The fourth-order valence-electron chi connectivity index (χ4n) is 4.08. The van der Waals surface area contributed by atoms with Crippen molar-refractivity contribution in [2.24, 2.45) is 5.92 Å². The Bertz CT molecular complexity index is 974. The van der Waals surface area contributed by atoms with E-state index in [9.17, 15) is 19.5 Å². The number of hydrogen-bond acceptors (Lipinski definition) is 5. The molecule has 0 radical (unpaired) electrons. The largest absolute Gasteiger partial charge is 0.479 e. The van der Waals surface area contributed by atoms with E-state index in [4.69, 9.17) is 9.57 Å². The van der Waals surface area contributed by atoms with E-state index < -0.39 is 30.1 Å². The Balaban J connectivity index is 1.33. The fourth-order valence-corrected chi connectivity index (χ4v) is 4.08. The van der Waals surface area contributed by atoms with Crippen LogP contribution in [0, 0.1) is 5.92 Å². The van der Waals surface area contributed by atoms with Gasteiger partial charge in [-0.2, -0.15) is 0 Å². The summed E-state index contributed by atoms with van der Waals surface area (Å²) < 4.78 is 5.47. The van der Waals surface area contributed by atoms with Crippen LogP contribution in [0.1, 0.15) is 43.2 Å². The summed E-state index contributed by atoms with van der Waals surface area (Å²) in [4.78, 5) is 41.1. The summed E-state index contributed by atoms with van der Waals surface area (Å²) in [5, 5.41) is 11.7. The summed E-state index contributed by atoms with van der Waals surface area (Å²) >= 11 is 0. The van der Waals surface area contributed by atoms with Crippen molar-refractivity contribution in [1.82, 2.24) is 10.8 Å².